The molecule has 0 aliphatic carbocycles. The Bertz CT molecular complexity index is 841. The van der Waals surface area contributed by atoms with Crippen molar-refractivity contribution in [2.24, 2.45) is 0 Å². The van der Waals surface area contributed by atoms with Crippen LogP contribution in [0.2, 0.25) is 0 Å². The Hall–Kier alpha value is -1.66. The second kappa shape index (κ2) is 4.47. The van der Waals surface area contributed by atoms with Gasteiger partial charge in [0.05, 0.1) is 9.37 Å². The van der Waals surface area contributed by atoms with Crippen LogP contribution in [0.4, 0.5) is 0 Å². The van der Waals surface area contributed by atoms with E-state index in [9.17, 15) is 8.42 Å². The summed E-state index contributed by atoms with van der Waals surface area (Å²) in [5.41, 5.74) is 0.545. The maximum absolute atomic E-state index is 12.5. The third-order valence-electron chi connectivity index (χ3n) is 2.80. The van der Waals surface area contributed by atoms with Gasteiger partial charge in [-0.15, -0.1) is 0 Å². The van der Waals surface area contributed by atoms with Crippen molar-refractivity contribution in [3.8, 4) is 0 Å². The van der Waals surface area contributed by atoms with E-state index in [0.29, 0.717) is 10.1 Å². The monoisotopic (exact) mass is 336 g/mol. The highest BCUT2D eigenvalue weighted by Crippen LogP contribution is 2.32. The third kappa shape index (κ3) is 1.97. The summed E-state index contributed by atoms with van der Waals surface area (Å²) in [4.78, 5) is 7.23. The molecule has 2 heterocycles. The van der Waals surface area contributed by atoms with Crippen LogP contribution in [0.5, 0.6) is 0 Å². The largest absolute Gasteiger partial charge is 0.329 e. The van der Waals surface area contributed by atoms with E-state index >= 15 is 0 Å². The number of hydrogen-bond acceptors (Lipinski definition) is 3. The first-order valence-corrected chi connectivity index (χ1v) is 7.80. The van der Waals surface area contributed by atoms with Gasteiger partial charge in [0.25, 0.3) is 0 Å². The maximum atomic E-state index is 12.5. The minimum Gasteiger partial charge on any atom is -0.329 e. The molecule has 96 valence electrons. The first-order valence-electron chi connectivity index (χ1n) is 5.53. The fourth-order valence-corrected chi connectivity index (χ4v) is 4.26. The molecule has 1 N–H and O–H groups in total. The number of hydrogen-bond donors (Lipinski definition) is 1. The lowest BCUT2D eigenvalue weighted by atomic mass is 10.3. The molecule has 2 aromatic heterocycles. The van der Waals surface area contributed by atoms with E-state index in [1.807, 2.05) is 6.07 Å². The van der Waals surface area contributed by atoms with Gasteiger partial charge >= 0.3 is 0 Å². The van der Waals surface area contributed by atoms with Crippen LogP contribution < -0.4 is 0 Å². The van der Waals surface area contributed by atoms with Crippen molar-refractivity contribution in [2.45, 2.75) is 9.92 Å². The van der Waals surface area contributed by atoms with Crippen molar-refractivity contribution in [3.05, 3.63) is 53.1 Å². The highest BCUT2D eigenvalue weighted by atomic mass is 79.9. The molecule has 0 aliphatic heterocycles. The molecule has 0 bridgehead atoms. The summed E-state index contributed by atoms with van der Waals surface area (Å²) in [6.07, 6.45) is 1.62. The SMILES string of the molecule is O=S(=O)(c1ccccc1)c1[nH]c2ncccc2c1Br. The van der Waals surface area contributed by atoms with E-state index < -0.39 is 9.84 Å². The minimum atomic E-state index is -3.57. The van der Waals surface area contributed by atoms with Gasteiger partial charge in [0, 0.05) is 11.6 Å². The molecule has 19 heavy (non-hydrogen) atoms. The van der Waals surface area contributed by atoms with Crippen molar-refractivity contribution in [2.75, 3.05) is 0 Å². The van der Waals surface area contributed by atoms with E-state index in [4.69, 9.17) is 0 Å². The Morgan fingerprint density at radius 2 is 1.79 bits per heavy atom. The summed E-state index contributed by atoms with van der Waals surface area (Å²) >= 11 is 3.33. The quantitative estimate of drug-likeness (QED) is 0.781. The van der Waals surface area contributed by atoms with Gasteiger partial charge < -0.3 is 4.98 Å². The molecule has 0 amide bonds. The van der Waals surface area contributed by atoms with Gasteiger partial charge in [0.15, 0.2) is 5.03 Å². The van der Waals surface area contributed by atoms with Gasteiger partial charge in [-0.2, -0.15) is 0 Å². The Labute approximate surface area is 118 Å². The summed E-state index contributed by atoms with van der Waals surface area (Å²) in [6, 6.07) is 11.9. The van der Waals surface area contributed by atoms with Crippen LogP contribution in [0.3, 0.4) is 0 Å². The number of benzene rings is 1. The lowest BCUT2D eigenvalue weighted by Crippen LogP contribution is -2.02. The van der Waals surface area contributed by atoms with Crippen LogP contribution in [-0.4, -0.2) is 18.4 Å². The summed E-state index contributed by atoms with van der Waals surface area (Å²) in [7, 11) is -3.57. The fraction of sp³-hybridized carbons (Fsp3) is 0. The van der Waals surface area contributed by atoms with Gasteiger partial charge in [-0.3, -0.25) is 0 Å². The number of aromatic nitrogens is 2. The van der Waals surface area contributed by atoms with Gasteiger partial charge in [0.2, 0.25) is 9.84 Å². The zero-order chi connectivity index (χ0) is 13.5. The van der Waals surface area contributed by atoms with Crippen LogP contribution in [0.1, 0.15) is 0 Å². The Balaban J connectivity index is 2.28. The standard InChI is InChI=1S/C13H9BrN2O2S/c14-11-10-7-4-8-15-12(10)16-13(11)19(17,18)9-5-2-1-3-6-9/h1-8H,(H,15,16). The smallest absolute Gasteiger partial charge is 0.223 e. The molecule has 0 radical (unpaired) electrons. The Morgan fingerprint density at radius 3 is 2.47 bits per heavy atom. The predicted molar refractivity (Wildman–Crippen MR) is 75.7 cm³/mol. The number of H-pyrrole nitrogens is 1. The van der Waals surface area contributed by atoms with E-state index in [1.54, 1.807) is 42.6 Å². The van der Waals surface area contributed by atoms with Crippen LogP contribution in [0.25, 0.3) is 11.0 Å². The zero-order valence-corrected chi connectivity index (χ0v) is 12.1. The van der Waals surface area contributed by atoms with Crippen LogP contribution in [0, 0.1) is 0 Å². The van der Waals surface area contributed by atoms with E-state index in [1.165, 1.54) is 0 Å². The van der Waals surface area contributed by atoms with Gasteiger partial charge in [-0.25, -0.2) is 13.4 Å². The third-order valence-corrected chi connectivity index (χ3v) is 5.62. The summed E-state index contributed by atoms with van der Waals surface area (Å²) < 4.78 is 25.6. The zero-order valence-electron chi connectivity index (χ0n) is 9.67. The minimum absolute atomic E-state index is 0.132. The normalized spacial score (nSPS) is 11.8. The van der Waals surface area contributed by atoms with Gasteiger partial charge in [-0.1, -0.05) is 18.2 Å². The highest BCUT2D eigenvalue weighted by molar-refractivity contribution is 9.10. The van der Waals surface area contributed by atoms with Crippen molar-refractivity contribution in [3.63, 3.8) is 0 Å². The van der Waals surface area contributed by atoms with Crippen molar-refractivity contribution in [1.82, 2.24) is 9.97 Å². The number of nitrogens with zero attached hydrogens (tertiary/aromatic N) is 1. The number of fused-ring (bicyclic) bond motifs is 1. The number of rotatable bonds is 2. The molecule has 1 aromatic carbocycles. The molecule has 4 nitrogen and oxygen atoms in total. The number of pyridine rings is 1. The molecule has 3 rings (SSSR count). The average Bonchev–Trinajstić information content (AvgIpc) is 2.78. The van der Waals surface area contributed by atoms with Crippen molar-refractivity contribution < 1.29 is 8.42 Å². The Morgan fingerprint density at radius 1 is 1.05 bits per heavy atom. The second-order valence-corrected chi connectivity index (χ2v) is 6.66. The van der Waals surface area contributed by atoms with E-state index in [2.05, 4.69) is 25.9 Å². The first-order chi connectivity index (χ1) is 9.10. The molecular weight excluding hydrogens is 328 g/mol. The number of sulfone groups is 1. The molecule has 0 unspecified atom stereocenters. The lowest BCUT2D eigenvalue weighted by Gasteiger charge is -2.02. The molecule has 3 aromatic rings. The molecule has 0 fully saturated rings. The summed E-state index contributed by atoms with van der Waals surface area (Å²) in [5, 5.41) is 0.879. The average molecular weight is 337 g/mol. The first kappa shape index (κ1) is 12.4. The molecule has 0 saturated carbocycles. The topological polar surface area (TPSA) is 62.8 Å². The number of halogens is 1. The van der Waals surface area contributed by atoms with Crippen LogP contribution >= 0.6 is 15.9 Å². The molecule has 0 atom stereocenters. The molecule has 0 aliphatic rings. The van der Waals surface area contributed by atoms with Crippen molar-refractivity contribution in [1.29, 1.82) is 0 Å². The molecule has 6 heteroatoms. The fourth-order valence-electron chi connectivity index (χ4n) is 1.87. The molecule has 0 spiro atoms. The second-order valence-electron chi connectivity index (χ2n) is 3.98. The van der Waals surface area contributed by atoms with Gasteiger partial charge in [0.1, 0.15) is 5.65 Å². The molecule has 0 saturated heterocycles. The van der Waals surface area contributed by atoms with Gasteiger partial charge in [-0.05, 0) is 40.2 Å². The lowest BCUT2D eigenvalue weighted by molar-refractivity contribution is 0.593. The highest BCUT2D eigenvalue weighted by Gasteiger charge is 2.24. The van der Waals surface area contributed by atoms with Crippen LogP contribution in [0.15, 0.2) is 63.1 Å². The Kier molecular flexibility index (Phi) is 2.91. The number of aromatic amines is 1. The van der Waals surface area contributed by atoms with E-state index in [-0.39, 0.29) is 9.92 Å². The molecular formula is C13H9BrN2O2S. The van der Waals surface area contributed by atoms with Crippen molar-refractivity contribution >= 4 is 36.8 Å². The maximum Gasteiger partial charge on any atom is 0.223 e. The summed E-state index contributed by atoms with van der Waals surface area (Å²) in [6.45, 7) is 0. The predicted octanol–water partition coefficient (Wildman–Crippen LogP) is 3.16. The van der Waals surface area contributed by atoms with E-state index in [0.717, 1.165) is 5.39 Å². The van der Waals surface area contributed by atoms with Crippen LogP contribution in [-0.2, 0) is 9.84 Å². The number of nitrogens with one attached hydrogen (secondary N) is 1. The summed E-state index contributed by atoms with van der Waals surface area (Å²) in [5.74, 6) is 0.